The highest BCUT2D eigenvalue weighted by molar-refractivity contribution is 7.12. The van der Waals surface area contributed by atoms with E-state index in [4.69, 9.17) is 4.74 Å². The van der Waals surface area contributed by atoms with Gasteiger partial charge in [-0.2, -0.15) is 0 Å². The second-order valence-corrected chi connectivity index (χ2v) is 7.03. The highest BCUT2D eigenvalue weighted by Crippen LogP contribution is 2.17. The molecule has 5 heteroatoms. The number of ether oxygens (including phenoxy) is 1. The van der Waals surface area contributed by atoms with Crippen LogP contribution in [0.4, 0.5) is 5.69 Å². The lowest BCUT2D eigenvalue weighted by molar-refractivity contribution is -0.0704. The molecular weight excluding hydrogens is 308 g/mol. The maximum atomic E-state index is 12.0. The zero-order valence-electron chi connectivity index (χ0n) is 13.5. The number of hydrogen-bond acceptors (Lipinski definition) is 4. The van der Waals surface area contributed by atoms with Gasteiger partial charge in [-0.15, -0.1) is 11.3 Å². The molecule has 2 aromatic rings. The minimum Gasteiger partial charge on any atom is -0.373 e. The van der Waals surface area contributed by atoms with Gasteiger partial charge in [0.05, 0.1) is 17.1 Å². The van der Waals surface area contributed by atoms with Crippen LogP contribution >= 0.6 is 11.3 Å². The summed E-state index contributed by atoms with van der Waals surface area (Å²) in [5, 5.41) is 4.83. The average molecular weight is 330 g/mol. The van der Waals surface area contributed by atoms with Gasteiger partial charge in [-0.1, -0.05) is 18.2 Å². The first-order chi connectivity index (χ1) is 11.1. The number of nitrogens with zero attached hydrogens (tertiary/aromatic N) is 1. The highest BCUT2D eigenvalue weighted by atomic mass is 32.1. The van der Waals surface area contributed by atoms with Crippen LogP contribution in [-0.4, -0.2) is 36.1 Å². The van der Waals surface area contributed by atoms with Crippen LogP contribution in [0.3, 0.4) is 0 Å². The summed E-state index contributed by atoms with van der Waals surface area (Å²) in [6, 6.07) is 11.8. The third-order valence-corrected chi connectivity index (χ3v) is 4.73. The van der Waals surface area contributed by atoms with E-state index < -0.39 is 0 Å². The summed E-state index contributed by atoms with van der Waals surface area (Å²) < 4.78 is 5.76. The molecule has 1 aromatic heterocycles. The van der Waals surface area contributed by atoms with Crippen molar-refractivity contribution in [1.29, 1.82) is 0 Å². The van der Waals surface area contributed by atoms with Crippen molar-refractivity contribution in [2.75, 3.05) is 18.4 Å². The molecule has 0 spiro atoms. The van der Waals surface area contributed by atoms with Crippen molar-refractivity contribution in [3.8, 4) is 0 Å². The Morgan fingerprint density at radius 2 is 1.91 bits per heavy atom. The smallest absolute Gasteiger partial charge is 0.265 e. The molecule has 4 nitrogen and oxygen atoms in total. The first kappa shape index (κ1) is 16.2. The maximum Gasteiger partial charge on any atom is 0.265 e. The molecule has 23 heavy (non-hydrogen) atoms. The molecule has 1 aromatic carbocycles. The van der Waals surface area contributed by atoms with Gasteiger partial charge in [-0.25, -0.2) is 0 Å². The fraction of sp³-hybridized carbons (Fsp3) is 0.389. The van der Waals surface area contributed by atoms with Crippen molar-refractivity contribution in [1.82, 2.24) is 4.90 Å². The molecule has 0 bridgehead atoms. The van der Waals surface area contributed by atoms with Gasteiger partial charge >= 0.3 is 0 Å². The molecule has 0 unspecified atom stereocenters. The summed E-state index contributed by atoms with van der Waals surface area (Å²) in [7, 11) is 0. The van der Waals surface area contributed by atoms with Crippen LogP contribution in [0.1, 0.15) is 29.1 Å². The van der Waals surface area contributed by atoms with E-state index >= 15 is 0 Å². The van der Waals surface area contributed by atoms with E-state index in [0.717, 1.165) is 30.2 Å². The summed E-state index contributed by atoms with van der Waals surface area (Å²) >= 11 is 1.45. The van der Waals surface area contributed by atoms with E-state index in [9.17, 15) is 4.79 Å². The lowest BCUT2D eigenvalue weighted by Gasteiger charge is -2.35. The number of rotatable bonds is 4. The Balaban J connectivity index is 1.58. The monoisotopic (exact) mass is 330 g/mol. The standard InChI is InChI=1S/C18H22N2O2S/c1-13-10-20(11-14(2)22-13)12-15-5-7-16(8-6-15)19-18(21)17-4-3-9-23-17/h3-9,13-14H,10-12H2,1-2H3,(H,19,21)/t13-,14-/m0/s1. The molecule has 1 aliphatic rings. The van der Waals surface area contributed by atoms with Crippen molar-refractivity contribution in [3.05, 3.63) is 52.2 Å². The Labute approximate surface area is 141 Å². The lowest BCUT2D eigenvalue weighted by Crippen LogP contribution is -2.44. The number of nitrogens with one attached hydrogen (secondary N) is 1. The largest absolute Gasteiger partial charge is 0.373 e. The number of morpholine rings is 1. The molecule has 1 amide bonds. The van der Waals surface area contributed by atoms with Gasteiger partial charge in [-0.3, -0.25) is 9.69 Å². The first-order valence-corrected chi connectivity index (χ1v) is 8.80. The number of carbonyl (C=O) groups is 1. The van der Waals surface area contributed by atoms with Crippen LogP contribution in [0.25, 0.3) is 0 Å². The van der Waals surface area contributed by atoms with Crippen molar-refractivity contribution >= 4 is 22.9 Å². The average Bonchev–Trinajstić information content (AvgIpc) is 3.02. The van der Waals surface area contributed by atoms with Crippen LogP contribution in [0.5, 0.6) is 0 Å². The van der Waals surface area contributed by atoms with Crippen LogP contribution in [0, 0.1) is 0 Å². The molecular formula is C18H22N2O2S. The van der Waals surface area contributed by atoms with E-state index in [0.29, 0.717) is 0 Å². The third-order valence-electron chi connectivity index (χ3n) is 3.86. The second kappa shape index (κ2) is 7.25. The molecule has 0 aliphatic carbocycles. The fourth-order valence-corrected chi connectivity index (χ4v) is 3.58. The van der Waals surface area contributed by atoms with E-state index in [1.54, 1.807) is 0 Å². The summed E-state index contributed by atoms with van der Waals surface area (Å²) in [4.78, 5) is 15.2. The van der Waals surface area contributed by atoms with E-state index in [1.165, 1.54) is 16.9 Å². The summed E-state index contributed by atoms with van der Waals surface area (Å²) in [5.41, 5.74) is 2.08. The zero-order chi connectivity index (χ0) is 16.2. The number of anilines is 1. The predicted octanol–water partition coefficient (Wildman–Crippen LogP) is 3.61. The first-order valence-electron chi connectivity index (χ1n) is 7.92. The lowest BCUT2D eigenvalue weighted by atomic mass is 10.1. The van der Waals surface area contributed by atoms with Crippen LogP contribution < -0.4 is 5.32 Å². The third kappa shape index (κ3) is 4.41. The Morgan fingerprint density at radius 3 is 2.52 bits per heavy atom. The molecule has 0 radical (unpaired) electrons. The van der Waals surface area contributed by atoms with Gasteiger partial charge in [0.1, 0.15) is 0 Å². The SMILES string of the molecule is C[C@H]1CN(Cc2ccc(NC(=O)c3cccs3)cc2)C[C@H](C)O1. The normalized spacial score (nSPS) is 22.0. The minimum atomic E-state index is -0.0522. The molecule has 122 valence electrons. The van der Waals surface area contributed by atoms with Crippen molar-refractivity contribution in [3.63, 3.8) is 0 Å². The van der Waals surface area contributed by atoms with Gasteiger partial charge in [-0.05, 0) is 43.0 Å². The number of carbonyl (C=O) groups excluding carboxylic acids is 1. The zero-order valence-corrected chi connectivity index (χ0v) is 14.3. The topological polar surface area (TPSA) is 41.6 Å². The second-order valence-electron chi connectivity index (χ2n) is 6.08. The quantitative estimate of drug-likeness (QED) is 0.931. The number of hydrogen-bond donors (Lipinski definition) is 1. The minimum absolute atomic E-state index is 0.0522. The summed E-state index contributed by atoms with van der Waals surface area (Å²) in [5.74, 6) is -0.0522. The molecule has 1 N–H and O–H groups in total. The Kier molecular flexibility index (Phi) is 5.10. The van der Waals surface area contributed by atoms with Crippen molar-refractivity contribution in [2.24, 2.45) is 0 Å². The fourth-order valence-electron chi connectivity index (χ4n) is 2.97. The summed E-state index contributed by atoms with van der Waals surface area (Å²) in [6.45, 7) is 7.07. The van der Waals surface area contributed by atoms with Crippen LogP contribution in [0.15, 0.2) is 41.8 Å². The number of amides is 1. The number of benzene rings is 1. The molecule has 2 heterocycles. The molecule has 0 saturated carbocycles. The van der Waals surface area contributed by atoms with Gasteiger partial charge in [0.15, 0.2) is 0 Å². The predicted molar refractivity (Wildman–Crippen MR) is 94.0 cm³/mol. The Morgan fingerprint density at radius 1 is 1.22 bits per heavy atom. The van der Waals surface area contributed by atoms with Gasteiger partial charge in [0.2, 0.25) is 0 Å². The molecule has 1 fully saturated rings. The van der Waals surface area contributed by atoms with Crippen molar-refractivity contribution in [2.45, 2.75) is 32.6 Å². The summed E-state index contributed by atoms with van der Waals surface area (Å²) in [6.07, 6.45) is 0.561. The van der Waals surface area contributed by atoms with E-state index in [2.05, 4.69) is 36.2 Å². The molecule has 3 rings (SSSR count). The van der Waals surface area contributed by atoms with Gasteiger partial charge in [0, 0.05) is 25.3 Å². The Bertz CT molecular complexity index is 630. The highest BCUT2D eigenvalue weighted by Gasteiger charge is 2.21. The maximum absolute atomic E-state index is 12.0. The van der Waals surface area contributed by atoms with Crippen LogP contribution in [-0.2, 0) is 11.3 Å². The van der Waals surface area contributed by atoms with Gasteiger partial charge in [0.25, 0.3) is 5.91 Å². The van der Waals surface area contributed by atoms with E-state index in [-0.39, 0.29) is 18.1 Å². The van der Waals surface area contributed by atoms with Gasteiger partial charge < -0.3 is 10.1 Å². The molecule has 1 saturated heterocycles. The van der Waals surface area contributed by atoms with Crippen LogP contribution in [0.2, 0.25) is 0 Å². The van der Waals surface area contributed by atoms with E-state index in [1.807, 2.05) is 29.6 Å². The Hall–Kier alpha value is -1.69. The number of thiophene rings is 1. The molecule has 1 aliphatic heterocycles. The van der Waals surface area contributed by atoms with Crippen molar-refractivity contribution < 1.29 is 9.53 Å². The molecule has 2 atom stereocenters.